The fraction of sp³-hybridized carbons (Fsp3) is 0.348. The minimum Gasteiger partial charge on any atom is -0.337 e. The molecule has 0 atom stereocenters. The Bertz CT molecular complexity index is 1130. The average molecular weight is 473 g/mol. The van der Waals surface area contributed by atoms with Gasteiger partial charge in [-0.25, -0.2) is 22.7 Å². The molecule has 1 aliphatic rings. The molecule has 0 saturated heterocycles. The Labute approximate surface area is 193 Å². The van der Waals surface area contributed by atoms with Gasteiger partial charge in [0.25, 0.3) is 15.9 Å². The van der Waals surface area contributed by atoms with Crippen LogP contribution in [0, 0.1) is 5.92 Å². The van der Waals surface area contributed by atoms with E-state index < -0.39 is 22.1 Å². The first-order valence-corrected chi connectivity index (χ1v) is 12.2. The van der Waals surface area contributed by atoms with Gasteiger partial charge < -0.3 is 10.6 Å². The first-order valence-electron chi connectivity index (χ1n) is 10.7. The van der Waals surface area contributed by atoms with Crippen molar-refractivity contribution >= 4 is 28.0 Å². The normalized spacial score (nSPS) is 13.4. The lowest BCUT2D eigenvalue weighted by molar-refractivity contribution is 0.0787. The molecule has 2 aromatic carbocycles. The van der Waals surface area contributed by atoms with Crippen LogP contribution >= 0.6 is 0 Å². The van der Waals surface area contributed by atoms with Gasteiger partial charge in [-0.1, -0.05) is 44.2 Å². The topological polar surface area (TPSA) is 125 Å². The first kappa shape index (κ1) is 24.2. The van der Waals surface area contributed by atoms with Gasteiger partial charge in [-0.3, -0.25) is 9.69 Å². The van der Waals surface area contributed by atoms with E-state index in [1.54, 1.807) is 24.3 Å². The van der Waals surface area contributed by atoms with E-state index in [4.69, 9.17) is 0 Å². The number of nitrogens with zero attached hydrogens (tertiary/aromatic N) is 1. The quantitative estimate of drug-likeness (QED) is 0.570. The number of carbonyl (C=O) groups excluding carboxylic acids is 3. The van der Waals surface area contributed by atoms with Gasteiger partial charge in [0.15, 0.2) is 0 Å². The van der Waals surface area contributed by atoms with Crippen molar-refractivity contribution in [3.8, 4) is 0 Å². The van der Waals surface area contributed by atoms with E-state index in [2.05, 4.69) is 10.6 Å². The fourth-order valence-electron chi connectivity index (χ4n) is 3.38. The van der Waals surface area contributed by atoms with Crippen LogP contribution in [0.15, 0.2) is 53.4 Å². The molecular weight excluding hydrogens is 444 g/mol. The number of fused-ring (bicyclic) bond motifs is 1. The lowest BCUT2D eigenvalue weighted by atomic mass is 9.99. The molecule has 9 nitrogen and oxygen atoms in total. The maximum atomic E-state index is 12.5. The number of hydrogen-bond acceptors (Lipinski definition) is 5. The maximum absolute atomic E-state index is 12.5. The minimum absolute atomic E-state index is 0.0347. The number of imide groups is 1. The van der Waals surface area contributed by atoms with E-state index in [-0.39, 0.29) is 23.3 Å². The van der Waals surface area contributed by atoms with Crippen LogP contribution in [0.25, 0.3) is 0 Å². The van der Waals surface area contributed by atoms with Gasteiger partial charge in [-0.05, 0) is 48.1 Å². The molecule has 3 rings (SSSR count). The summed E-state index contributed by atoms with van der Waals surface area (Å²) in [5.41, 5.74) is 2.28. The summed E-state index contributed by atoms with van der Waals surface area (Å²) >= 11 is 0. The predicted octanol–water partition coefficient (Wildman–Crippen LogP) is 2.28. The van der Waals surface area contributed by atoms with Crippen LogP contribution in [0.3, 0.4) is 0 Å². The molecule has 0 saturated carbocycles. The average Bonchev–Trinajstić information content (AvgIpc) is 2.78. The summed E-state index contributed by atoms with van der Waals surface area (Å²) in [7, 11) is -3.98. The van der Waals surface area contributed by atoms with E-state index in [0.717, 1.165) is 11.1 Å². The van der Waals surface area contributed by atoms with Gasteiger partial charge in [-0.2, -0.15) is 0 Å². The van der Waals surface area contributed by atoms with Crippen molar-refractivity contribution in [2.75, 3.05) is 19.6 Å². The van der Waals surface area contributed by atoms with Crippen molar-refractivity contribution in [3.63, 3.8) is 0 Å². The molecule has 0 spiro atoms. The number of urea groups is 2. The molecule has 33 heavy (non-hydrogen) atoms. The molecule has 0 aliphatic carbocycles. The van der Waals surface area contributed by atoms with Gasteiger partial charge in [-0.15, -0.1) is 0 Å². The van der Waals surface area contributed by atoms with E-state index in [1.165, 1.54) is 17.0 Å². The van der Waals surface area contributed by atoms with Crippen molar-refractivity contribution in [3.05, 3.63) is 65.2 Å². The number of sulfonamides is 1. The van der Waals surface area contributed by atoms with E-state index in [1.807, 2.05) is 30.7 Å². The number of amides is 5. The zero-order valence-corrected chi connectivity index (χ0v) is 19.4. The zero-order chi connectivity index (χ0) is 24.0. The van der Waals surface area contributed by atoms with Gasteiger partial charge in [0.05, 0.1) is 4.90 Å². The predicted molar refractivity (Wildman–Crippen MR) is 123 cm³/mol. The lowest BCUT2D eigenvalue weighted by Crippen LogP contribution is -2.47. The number of hydrogen-bond donors (Lipinski definition) is 3. The SMILES string of the molecule is CC(C)CNC(=O)NS(=O)(=O)c1ccc(CCNC(=O)N2CCc3ccccc3C2=O)cc1. The molecule has 1 aliphatic heterocycles. The van der Waals surface area contributed by atoms with Crippen molar-refractivity contribution in [1.82, 2.24) is 20.3 Å². The highest BCUT2D eigenvalue weighted by Crippen LogP contribution is 2.18. The van der Waals surface area contributed by atoms with E-state index in [0.29, 0.717) is 31.5 Å². The molecular formula is C23H28N4O5S. The molecule has 0 radical (unpaired) electrons. The monoisotopic (exact) mass is 472 g/mol. The third kappa shape index (κ3) is 6.32. The second kappa shape index (κ2) is 10.5. The molecule has 5 amide bonds. The highest BCUT2D eigenvalue weighted by atomic mass is 32.2. The van der Waals surface area contributed by atoms with Gasteiger partial charge in [0.1, 0.15) is 0 Å². The smallest absolute Gasteiger partial charge is 0.328 e. The Kier molecular flexibility index (Phi) is 7.70. The maximum Gasteiger partial charge on any atom is 0.328 e. The molecule has 2 aromatic rings. The molecule has 3 N–H and O–H groups in total. The third-order valence-electron chi connectivity index (χ3n) is 5.16. The largest absolute Gasteiger partial charge is 0.337 e. The van der Waals surface area contributed by atoms with Crippen LogP contribution in [0.5, 0.6) is 0 Å². The molecule has 176 valence electrons. The number of nitrogens with one attached hydrogen (secondary N) is 3. The molecule has 0 unspecified atom stereocenters. The number of benzene rings is 2. The second-order valence-corrected chi connectivity index (χ2v) is 9.88. The van der Waals surface area contributed by atoms with Crippen LogP contribution in [0.4, 0.5) is 9.59 Å². The second-order valence-electron chi connectivity index (χ2n) is 8.20. The van der Waals surface area contributed by atoms with Crippen LogP contribution in [-0.4, -0.2) is 50.9 Å². The Hall–Kier alpha value is -3.40. The third-order valence-corrected chi connectivity index (χ3v) is 6.51. The lowest BCUT2D eigenvalue weighted by Gasteiger charge is -2.27. The molecule has 10 heteroatoms. The Morgan fingerprint density at radius 2 is 1.73 bits per heavy atom. The Morgan fingerprint density at radius 1 is 1.03 bits per heavy atom. The van der Waals surface area contributed by atoms with Crippen LogP contribution in [-0.2, 0) is 22.9 Å². The summed E-state index contributed by atoms with van der Waals surface area (Å²) in [6, 6.07) is 12.1. The molecule has 0 aromatic heterocycles. The highest BCUT2D eigenvalue weighted by molar-refractivity contribution is 7.90. The molecule has 0 bridgehead atoms. The van der Waals surface area contributed by atoms with Crippen LogP contribution in [0.1, 0.15) is 35.3 Å². The number of carbonyl (C=O) groups is 3. The van der Waals surface area contributed by atoms with Crippen LogP contribution in [0.2, 0.25) is 0 Å². The first-order chi connectivity index (χ1) is 15.7. The Morgan fingerprint density at radius 3 is 2.42 bits per heavy atom. The van der Waals surface area contributed by atoms with Crippen molar-refractivity contribution in [1.29, 1.82) is 0 Å². The summed E-state index contributed by atoms with van der Waals surface area (Å²) < 4.78 is 26.6. The van der Waals surface area contributed by atoms with Gasteiger partial charge in [0, 0.05) is 25.2 Å². The summed E-state index contributed by atoms with van der Waals surface area (Å²) in [4.78, 5) is 37.9. The van der Waals surface area contributed by atoms with Gasteiger partial charge in [0.2, 0.25) is 0 Å². The van der Waals surface area contributed by atoms with Gasteiger partial charge >= 0.3 is 12.1 Å². The minimum atomic E-state index is -3.98. The van der Waals surface area contributed by atoms with Crippen molar-refractivity contribution in [2.45, 2.75) is 31.6 Å². The highest BCUT2D eigenvalue weighted by Gasteiger charge is 2.28. The van der Waals surface area contributed by atoms with E-state index in [9.17, 15) is 22.8 Å². The standard InChI is InChI=1S/C23H28N4O5S/c1-16(2)15-25-22(29)26-33(31,32)19-9-7-17(8-10-19)11-13-24-23(30)27-14-12-18-5-3-4-6-20(18)21(27)28/h3-10,16H,11-15H2,1-2H3,(H,24,30)(H2,25,26,29). The summed E-state index contributed by atoms with van der Waals surface area (Å²) in [6.07, 6.45) is 1.07. The Balaban J connectivity index is 1.50. The summed E-state index contributed by atoms with van der Waals surface area (Å²) in [5, 5.41) is 5.23. The van der Waals surface area contributed by atoms with Crippen molar-refractivity contribution in [2.24, 2.45) is 5.92 Å². The molecule has 0 fully saturated rings. The number of rotatable bonds is 7. The fourth-order valence-corrected chi connectivity index (χ4v) is 4.31. The molecule has 1 heterocycles. The zero-order valence-electron chi connectivity index (χ0n) is 18.6. The van der Waals surface area contributed by atoms with Crippen LogP contribution < -0.4 is 15.4 Å². The van der Waals surface area contributed by atoms with E-state index >= 15 is 0 Å². The summed E-state index contributed by atoms with van der Waals surface area (Å²) in [5.74, 6) is -0.115. The van der Waals surface area contributed by atoms with Crippen molar-refractivity contribution < 1.29 is 22.8 Å². The summed E-state index contributed by atoms with van der Waals surface area (Å²) in [6.45, 7) is 4.78.